The molecule has 2 aliphatic rings. The second kappa shape index (κ2) is 5.75. The van der Waals surface area contributed by atoms with Crippen molar-refractivity contribution in [1.29, 1.82) is 0 Å². The van der Waals surface area contributed by atoms with E-state index in [4.69, 9.17) is 5.73 Å². The molecular weight excluding hydrogens is 357 g/mol. The molecule has 0 aromatic heterocycles. The number of nitrogens with one attached hydrogen (secondary N) is 1. The molecular formula is C13H19B7FN3O4. The number of nitrogen functional groups attached to an aromatic ring is 1. The van der Waals surface area contributed by atoms with Gasteiger partial charge in [-0.25, -0.2) is 4.39 Å². The zero-order valence-corrected chi connectivity index (χ0v) is 17.2. The van der Waals surface area contributed by atoms with E-state index in [-0.39, 0.29) is 27.7 Å². The van der Waals surface area contributed by atoms with Crippen molar-refractivity contribution in [2.45, 2.75) is 22.1 Å². The molecule has 1 unspecified atom stereocenters. The number of hydrogen-bond acceptors (Lipinski definition) is 5. The Kier molecular flexibility index (Phi) is 4.25. The van der Waals surface area contributed by atoms with Crippen LogP contribution in [0, 0.1) is 5.82 Å². The van der Waals surface area contributed by atoms with Crippen molar-refractivity contribution in [2.75, 3.05) is 5.73 Å². The fourth-order valence-electron chi connectivity index (χ4n) is 4.32. The molecule has 0 spiro atoms. The predicted molar refractivity (Wildman–Crippen MR) is 122 cm³/mol. The Bertz CT molecular complexity index is 968. The van der Waals surface area contributed by atoms with Crippen molar-refractivity contribution < 1.29 is 23.9 Å². The van der Waals surface area contributed by atoms with E-state index in [0.29, 0.717) is 0 Å². The van der Waals surface area contributed by atoms with Crippen molar-refractivity contribution in [3.8, 4) is 0 Å². The van der Waals surface area contributed by atoms with Crippen molar-refractivity contribution >= 4 is 89.3 Å². The topological polar surface area (TPSA) is 113 Å². The van der Waals surface area contributed by atoms with Crippen molar-refractivity contribution in [3.63, 3.8) is 0 Å². The molecule has 0 saturated carbocycles. The van der Waals surface area contributed by atoms with Crippen LogP contribution in [0.5, 0.6) is 0 Å². The number of benzene rings is 1. The van der Waals surface area contributed by atoms with Gasteiger partial charge in [-0.15, -0.1) is 0 Å². The van der Waals surface area contributed by atoms with Crippen LogP contribution in [0.15, 0.2) is 0 Å². The lowest BCUT2D eigenvalue weighted by molar-refractivity contribution is -0.143. The van der Waals surface area contributed by atoms with Gasteiger partial charge in [-0.3, -0.25) is 19.7 Å². The van der Waals surface area contributed by atoms with Crippen molar-refractivity contribution in [3.05, 3.63) is 16.9 Å². The molecule has 2 heterocycles. The Hall–Kier alpha value is -2.03. The molecule has 7 nitrogen and oxygen atoms in total. The van der Waals surface area contributed by atoms with E-state index in [0.717, 1.165) is 4.90 Å². The van der Waals surface area contributed by atoms with E-state index in [1.165, 1.54) is 23.5 Å². The third-order valence-corrected chi connectivity index (χ3v) is 6.94. The van der Waals surface area contributed by atoms with Gasteiger partial charge in [0.15, 0.2) is 7.85 Å². The fourth-order valence-corrected chi connectivity index (χ4v) is 4.32. The lowest BCUT2D eigenvalue weighted by Gasteiger charge is -2.54. The first-order chi connectivity index (χ1) is 12.6. The Labute approximate surface area is 168 Å². The van der Waals surface area contributed by atoms with Gasteiger partial charge in [0.2, 0.25) is 11.8 Å². The molecule has 1 fully saturated rings. The highest BCUT2D eigenvalue weighted by atomic mass is 19.1. The van der Waals surface area contributed by atoms with Gasteiger partial charge in [-0.1, -0.05) is 5.21 Å². The molecule has 28 heavy (non-hydrogen) atoms. The average molecular weight is 376 g/mol. The number of piperidine rings is 1. The minimum Gasteiger partial charge on any atom is -0.399 e. The van der Waals surface area contributed by atoms with Gasteiger partial charge in [0.1, 0.15) is 64.6 Å². The first-order valence-electron chi connectivity index (χ1n) is 9.10. The summed E-state index contributed by atoms with van der Waals surface area (Å²) in [5.41, 5.74) is 4.36. The third-order valence-electron chi connectivity index (χ3n) is 6.94. The van der Waals surface area contributed by atoms with E-state index in [9.17, 15) is 23.9 Å². The van der Waals surface area contributed by atoms with Gasteiger partial charge in [0.25, 0.3) is 5.91 Å². The summed E-state index contributed by atoms with van der Waals surface area (Å²) >= 11 is 0. The highest BCUT2D eigenvalue weighted by Crippen LogP contribution is 2.52. The Balaban J connectivity index is 2.29. The highest BCUT2D eigenvalue weighted by molar-refractivity contribution is 6.63. The molecule has 2 aliphatic heterocycles. The largest absolute Gasteiger partial charge is 0.399 e. The van der Waals surface area contributed by atoms with Crippen LogP contribution in [0.3, 0.4) is 0 Å². The van der Waals surface area contributed by atoms with Crippen LogP contribution in [0.1, 0.15) is 15.9 Å². The van der Waals surface area contributed by atoms with Gasteiger partial charge in [-0.05, 0) is 16.1 Å². The van der Waals surface area contributed by atoms with Crippen LogP contribution in [0.4, 0.5) is 10.1 Å². The average Bonchev–Trinajstić information content (AvgIpc) is 2.77. The van der Waals surface area contributed by atoms with E-state index in [2.05, 4.69) is 5.32 Å². The minimum absolute atomic E-state index is 0.0247. The van der Waals surface area contributed by atoms with Gasteiger partial charge < -0.3 is 15.7 Å². The molecule has 0 aliphatic carbocycles. The van der Waals surface area contributed by atoms with E-state index in [1.54, 1.807) is 31.4 Å². The first-order valence-corrected chi connectivity index (χ1v) is 9.10. The number of nitrogens with zero attached hydrogens (tertiary/aromatic N) is 1. The van der Waals surface area contributed by atoms with Crippen LogP contribution >= 0.6 is 0 Å². The monoisotopic (exact) mass is 377 g/mol. The van der Waals surface area contributed by atoms with Crippen molar-refractivity contribution in [2.24, 2.45) is 0 Å². The van der Waals surface area contributed by atoms with Crippen LogP contribution in [-0.2, 0) is 15.2 Å². The normalized spacial score (nSPS) is 28.1. The molecule has 1 aromatic rings. The molecule has 15 heteroatoms. The number of nitrogens with two attached hydrogens (primary N) is 1. The third kappa shape index (κ3) is 2.25. The zero-order chi connectivity index (χ0) is 21.6. The molecule has 0 radical (unpaired) electrons. The van der Waals surface area contributed by atoms with Gasteiger partial charge in [0.05, 0.1) is 0 Å². The number of hydrogen-bond donors (Lipinski definition) is 3. The summed E-state index contributed by atoms with van der Waals surface area (Å²) in [5, 5.41) is 11.6. The van der Waals surface area contributed by atoms with Crippen LogP contribution < -0.4 is 22.0 Å². The standard InChI is InChI=1S/C13H19B7FN3O4/c14-3-1-2(6(22)4(15)5(3)21)13(20,28)24(9(1)26)7-8(25)23-10(27)12(18,19)11(7,16)17/h7,28H,14-20,22H2,(H,23,25,27)/t7-,13?/m1/s1. The summed E-state index contributed by atoms with van der Waals surface area (Å²) in [5.74, 6) is -2.46. The maximum atomic E-state index is 14.6. The number of fused-ring (bicyclic) bond motifs is 1. The van der Waals surface area contributed by atoms with E-state index in [1.807, 2.05) is 0 Å². The van der Waals surface area contributed by atoms with E-state index < -0.39 is 45.6 Å². The lowest BCUT2D eigenvalue weighted by Crippen LogP contribution is -2.69. The first kappa shape index (κ1) is 20.7. The Morgan fingerprint density at radius 3 is 2.14 bits per heavy atom. The molecule has 0 bridgehead atoms. The van der Waals surface area contributed by atoms with Gasteiger partial charge in [0, 0.05) is 16.8 Å². The molecule has 3 amide bonds. The predicted octanol–water partition coefficient (Wildman–Crippen LogP) is -9.09. The lowest BCUT2D eigenvalue weighted by atomic mass is 9.26. The minimum atomic E-state index is -1.95. The van der Waals surface area contributed by atoms with Gasteiger partial charge >= 0.3 is 0 Å². The number of carbonyl (C=O) groups excluding carboxylic acids is 3. The Morgan fingerprint density at radius 2 is 1.61 bits per heavy atom. The summed E-state index contributed by atoms with van der Waals surface area (Å²) in [6.45, 7) is 0. The van der Waals surface area contributed by atoms with Crippen LogP contribution in [0.2, 0.25) is 10.4 Å². The Morgan fingerprint density at radius 1 is 1.07 bits per heavy atom. The van der Waals surface area contributed by atoms with Crippen LogP contribution in [-0.4, -0.2) is 88.7 Å². The number of rotatable bonds is 1. The number of aliphatic hydroxyl groups is 1. The van der Waals surface area contributed by atoms with Gasteiger partial charge in [-0.2, -0.15) is 0 Å². The highest BCUT2D eigenvalue weighted by Gasteiger charge is 2.62. The maximum absolute atomic E-state index is 14.6. The summed E-state index contributed by atoms with van der Waals surface area (Å²) in [4.78, 5) is 39.6. The quantitative estimate of drug-likeness (QED) is 0.256. The summed E-state index contributed by atoms with van der Waals surface area (Å²) < 4.78 is 14.6. The second-order valence-corrected chi connectivity index (χ2v) is 8.99. The number of anilines is 1. The zero-order valence-electron chi connectivity index (χ0n) is 17.2. The summed E-state index contributed by atoms with van der Waals surface area (Å²) in [7, 11) is 11.0. The molecule has 3 rings (SSSR count). The van der Waals surface area contributed by atoms with E-state index >= 15 is 0 Å². The summed E-state index contributed by atoms with van der Waals surface area (Å²) in [6, 6.07) is -1.17. The molecule has 1 aromatic carbocycles. The number of amides is 3. The fraction of sp³-hybridized carbons (Fsp3) is 0.308. The second-order valence-electron chi connectivity index (χ2n) is 8.99. The summed E-state index contributed by atoms with van der Waals surface area (Å²) in [6.07, 6.45) is 0. The van der Waals surface area contributed by atoms with Crippen LogP contribution in [0.25, 0.3) is 0 Å². The SMILES string of the molecule is Bc1c(N)c2c(c(B)c1F)C(=O)N([C@@H]1C(=O)NC(=O)C(B)(B)C1(B)B)C2(B)O. The smallest absolute Gasteiger partial charge is 0.256 e. The molecule has 138 valence electrons. The molecule has 1 saturated heterocycles. The maximum Gasteiger partial charge on any atom is 0.256 e. The molecule has 2 atom stereocenters. The number of halogens is 1. The number of carbonyl (C=O) groups is 3. The van der Waals surface area contributed by atoms with Crippen molar-refractivity contribution in [1.82, 2.24) is 10.2 Å². The number of imide groups is 1. The molecule has 4 N–H and O–H groups in total.